The summed E-state index contributed by atoms with van der Waals surface area (Å²) in [7, 11) is 0. The molecule has 2 heterocycles. The molecule has 110 valence electrons. The number of thiazole rings is 1. The van der Waals surface area contributed by atoms with Gasteiger partial charge in [0, 0.05) is 37.6 Å². The van der Waals surface area contributed by atoms with E-state index in [-0.39, 0.29) is 5.91 Å². The first-order valence-electron chi connectivity index (χ1n) is 7.44. The third-order valence-corrected chi connectivity index (χ3v) is 5.13. The quantitative estimate of drug-likeness (QED) is 0.914. The predicted molar refractivity (Wildman–Crippen MR) is 80.6 cm³/mol. The molecule has 1 aliphatic heterocycles. The van der Waals surface area contributed by atoms with Gasteiger partial charge in [0.1, 0.15) is 0 Å². The number of rotatable bonds is 3. The van der Waals surface area contributed by atoms with Gasteiger partial charge in [-0.1, -0.05) is 12.8 Å². The van der Waals surface area contributed by atoms with Crippen LogP contribution in [0.4, 0.5) is 5.13 Å². The summed E-state index contributed by atoms with van der Waals surface area (Å²) in [5.74, 6) is 0.182. The minimum absolute atomic E-state index is 0.182. The third-order valence-electron chi connectivity index (χ3n) is 4.41. The van der Waals surface area contributed by atoms with Crippen molar-refractivity contribution in [3.63, 3.8) is 0 Å². The second-order valence-electron chi connectivity index (χ2n) is 5.71. The van der Waals surface area contributed by atoms with E-state index in [0.717, 1.165) is 37.9 Å². The van der Waals surface area contributed by atoms with Gasteiger partial charge in [-0.15, -0.1) is 11.3 Å². The highest BCUT2D eigenvalue weighted by Crippen LogP contribution is 2.24. The minimum atomic E-state index is 0.182. The van der Waals surface area contributed by atoms with Gasteiger partial charge in [-0.05, 0) is 12.8 Å². The molecule has 0 radical (unpaired) electrons. The number of carbonyl (C=O) groups excluding carboxylic acids is 1. The van der Waals surface area contributed by atoms with E-state index < -0.39 is 0 Å². The fourth-order valence-corrected chi connectivity index (χ4v) is 3.84. The van der Waals surface area contributed by atoms with Crippen molar-refractivity contribution in [2.45, 2.75) is 38.1 Å². The second kappa shape index (κ2) is 6.10. The molecule has 1 saturated carbocycles. The first-order valence-corrected chi connectivity index (χ1v) is 8.32. The highest BCUT2D eigenvalue weighted by Gasteiger charge is 2.27. The normalized spacial score (nSPS) is 21.5. The van der Waals surface area contributed by atoms with Crippen molar-refractivity contribution >= 4 is 22.4 Å². The SMILES string of the molecule is Nc1nc(CC(=O)N2CCN(C3CCCC3)CC2)cs1. The van der Waals surface area contributed by atoms with Crippen molar-refractivity contribution in [2.24, 2.45) is 0 Å². The highest BCUT2D eigenvalue weighted by molar-refractivity contribution is 7.13. The molecule has 1 aromatic rings. The second-order valence-corrected chi connectivity index (χ2v) is 6.60. The van der Waals surface area contributed by atoms with Crippen molar-refractivity contribution in [2.75, 3.05) is 31.9 Å². The minimum Gasteiger partial charge on any atom is -0.375 e. The van der Waals surface area contributed by atoms with Gasteiger partial charge in [0.05, 0.1) is 12.1 Å². The maximum absolute atomic E-state index is 12.2. The zero-order valence-electron chi connectivity index (χ0n) is 11.8. The Morgan fingerprint density at radius 1 is 1.30 bits per heavy atom. The van der Waals surface area contributed by atoms with E-state index in [4.69, 9.17) is 5.73 Å². The van der Waals surface area contributed by atoms with Crippen LogP contribution < -0.4 is 5.73 Å². The molecule has 5 nitrogen and oxygen atoms in total. The molecule has 0 spiro atoms. The van der Waals surface area contributed by atoms with Crippen LogP contribution in [0.25, 0.3) is 0 Å². The third kappa shape index (κ3) is 3.12. The van der Waals surface area contributed by atoms with E-state index in [1.54, 1.807) is 0 Å². The van der Waals surface area contributed by atoms with E-state index in [1.807, 2.05) is 10.3 Å². The Balaban J connectivity index is 1.48. The van der Waals surface area contributed by atoms with Crippen LogP contribution in [-0.4, -0.2) is 52.9 Å². The molecule has 1 saturated heterocycles. The molecule has 0 aromatic carbocycles. The largest absolute Gasteiger partial charge is 0.375 e. The topological polar surface area (TPSA) is 62.5 Å². The van der Waals surface area contributed by atoms with Crippen LogP contribution in [0.3, 0.4) is 0 Å². The van der Waals surface area contributed by atoms with Crippen molar-refractivity contribution in [3.05, 3.63) is 11.1 Å². The summed E-state index contributed by atoms with van der Waals surface area (Å²) in [5.41, 5.74) is 6.40. The Kier molecular flexibility index (Phi) is 4.21. The summed E-state index contributed by atoms with van der Waals surface area (Å²) in [6.45, 7) is 3.76. The van der Waals surface area contributed by atoms with E-state index in [1.165, 1.54) is 37.0 Å². The Morgan fingerprint density at radius 2 is 2.00 bits per heavy atom. The van der Waals surface area contributed by atoms with Gasteiger partial charge < -0.3 is 10.6 Å². The van der Waals surface area contributed by atoms with E-state index >= 15 is 0 Å². The summed E-state index contributed by atoms with van der Waals surface area (Å²) in [6.07, 6.45) is 5.80. The average Bonchev–Trinajstić information content (AvgIpc) is 3.11. The molecule has 20 heavy (non-hydrogen) atoms. The monoisotopic (exact) mass is 294 g/mol. The number of anilines is 1. The molecule has 1 aliphatic carbocycles. The van der Waals surface area contributed by atoms with Crippen LogP contribution in [0.5, 0.6) is 0 Å². The van der Waals surface area contributed by atoms with Gasteiger partial charge in [-0.2, -0.15) is 0 Å². The number of piperazine rings is 1. The summed E-state index contributed by atoms with van der Waals surface area (Å²) in [6, 6.07) is 0.769. The molecular weight excluding hydrogens is 272 g/mol. The molecule has 0 bridgehead atoms. The molecule has 3 rings (SSSR count). The lowest BCUT2D eigenvalue weighted by Crippen LogP contribution is -2.51. The van der Waals surface area contributed by atoms with Gasteiger partial charge in [0.15, 0.2) is 5.13 Å². The fourth-order valence-electron chi connectivity index (χ4n) is 3.28. The lowest BCUT2D eigenvalue weighted by atomic mass is 10.1. The van der Waals surface area contributed by atoms with Crippen LogP contribution in [0.1, 0.15) is 31.4 Å². The Labute approximate surface area is 123 Å². The van der Waals surface area contributed by atoms with E-state index in [0.29, 0.717) is 11.6 Å². The van der Waals surface area contributed by atoms with Gasteiger partial charge in [-0.3, -0.25) is 9.69 Å². The van der Waals surface area contributed by atoms with Crippen molar-refractivity contribution < 1.29 is 4.79 Å². The smallest absolute Gasteiger partial charge is 0.228 e. The first kappa shape index (κ1) is 13.8. The summed E-state index contributed by atoms with van der Waals surface area (Å²) < 4.78 is 0. The number of nitrogens with zero attached hydrogens (tertiary/aromatic N) is 3. The number of nitrogen functional groups attached to an aromatic ring is 1. The number of hydrogen-bond donors (Lipinski definition) is 1. The van der Waals surface area contributed by atoms with Crippen LogP contribution in [0, 0.1) is 0 Å². The molecule has 6 heteroatoms. The Bertz CT molecular complexity index is 461. The molecule has 0 atom stereocenters. The van der Waals surface area contributed by atoms with E-state index in [2.05, 4.69) is 9.88 Å². The van der Waals surface area contributed by atoms with Crippen molar-refractivity contribution in [1.82, 2.24) is 14.8 Å². The average molecular weight is 294 g/mol. The standard InChI is InChI=1S/C14H22N4OS/c15-14-16-11(10-20-14)9-13(19)18-7-5-17(6-8-18)12-3-1-2-4-12/h10,12H,1-9H2,(H2,15,16). The summed E-state index contributed by atoms with van der Waals surface area (Å²) >= 11 is 1.40. The predicted octanol–water partition coefficient (Wildman–Crippen LogP) is 1.35. The molecule has 0 unspecified atom stereocenters. The highest BCUT2D eigenvalue weighted by atomic mass is 32.1. The van der Waals surface area contributed by atoms with Crippen LogP contribution in [-0.2, 0) is 11.2 Å². The Hall–Kier alpha value is -1.14. The van der Waals surface area contributed by atoms with Gasteiger partial charge in [0.25, 0.3) is 0 Å². The number of carbonyl (C=O) groups is 1. The summed E-state index contributed by atoms with van der Waals surface area (Å²) in [4.78, 5) is 20.9. The van der Waals surface area contributed by atoms with Crippen LogP contribution in [0.15, 0.2) is 5.38 Å². The van der Waals surface area contributed by atoms with Crippen molar-refractivity contribution in [3.8, 4) is 0 Å². The van der Waals surface area contributed by atoms with Gasteiger partial charge >= 0.3 is 0 Å². The molecule has 1 aromatic heterocycles. The lowest BCUT2D eigenvalue weighted by Gasteiger charge is -2.38. The number of hydrogen-bond acceptors (Lipinski definition) is 5. The summed E-state index contributed by atoms with van der Waals surface area (Å²) in [5, 5.41) is 2.42. The zero-order valence-corrected chi connectivity index (χ0v) is 12.6. The zero-order chi connectivity index (χ0) is 13.9. The van der Waals surface area contributed by atoms with Crippen molar-refractivity contribution in [1.29, 1.82) is 0 Å². The molecule has 2 aliphatic rings. The lowest BCUT2D eigenvalue weighted by molar-refractivity contribution is -0.132. The maximum Gasteiger partial charge on any atom is 0.228 e. The van der Waals surface area contributed by atoms with Gasteiger partial charge in [0.2, 0.25) is 5.91 Å². The maximum atomic E-state index is 12.2. The van der Waals surface area contributed by atoms with Crippen LogP contribution in [0.2, 0.25) is 0 Å². The number of nitrogens with two attached hydrogens (primary N) is 1. The number of aromatic nitrogens is 1. The fraction of sp³-hybridized carbons (Fsp3) is 0.714. The Morgan fingerprint density at radius 3 is 2.60 bits per heavy atom. The first-order chi connectivity index (χ1) is 9.72. The van der Waals surface area contributed by atoms with Crippen LogP contribution >= 0.6 is 11.3 Å². The molecular formula is C14H22N4OS. The van der Waals surface area contributed by atoms with E-state index in [9.17, 15) is 4.79 Å². The molecule has 2 fully saturated rings. The molecule has 1 amide bonds. The van der Waals surface area contributed by atoms with Gasteiger partial charge in [-0.25, -0.2) is 4.98 Å². The molecule has 2 N–H and O–H groups in total. The number of amides is 1.